The lowest BCUT2D eigenvalue weighted by Gasteiger charge is -2.12. The molecule has 1 unspecified atom stereocenters. The van der Waals surface area contributed by atoms with Crippen molar-refractivity contribution in [2.24, 2.45) is 5.92 Å². The summed E-state index contributed by atoms with van der Waals surface area (Å²) in [7, 11) is 0. The molecule has 1 heterocycles. The molecule has 1 aromatic heterocycles. The Morgan fingerprint density at radius 2 is 2.05 bits per heavy atom. The molecule has 0 amide bonds. The second kappa shape index (κ2) is 6.74. The maximum absolute atomic E-state index is 12.3. The van der Waals surface area contributed by atoms with Gasteiger partial charge in [0.25, 0.3) is 0 Å². The Hall–Kier alpha value is -1.57. The van der Waals surface area contributed by atoms with Gasteiger partial charge in [-0.05, 0) is 31.0 Å². The van der Waals surface area contributed by atoms with E-state index in [-0.39, 0.29) is 5.78 Å². The van der Waals surface area contributed by atoms with E-state index in [9.17, 15) is 4.79 Å². The molecule has 20 heavy (non-hydrogen) atoms. The van der Waals surface area contributed by atoms with Crippen LogP contribution in [-0.4, -0.2) is 5.78 Å². The number of hydrogen-bond acceptors (Lipinski definition) is 2. The Labute approximate surface area is 121 Å². The van der Waals surface area contributed by atoms with Crippen LogP contribution in [0.5, 0.6) is 0 Å². The van der Waals surface area contributed by atoms with Gasteiger partial charge in [0, 0.05) is 11.8 Å². The van der Waals surface area contributed by atoms with E-state index in [1.54, 1.807) is 0 Å². The molecular weight excluding hydrogens is 248 g/mol. The summed E-state index contributed by atoms with van der Waals surface area (Å²) in [6.07, 6.45) is 5.19. The second-order valence-corrected chi connectivity index (χ2v) is 5.70. The molecule has 1 atom stereocenters. The third kappa shape index (κ3) is 3.50. The average molecular weight is 272 g/mol. The Morgan fingerprint density at radius 1 is 1.25 bits per heavy atom. The predicted octanol–water partition coefficient (Wildman–Crippen LogP) is 5.53. The highest BCUT2D eigenvalue weighted by Crippen LogP contribution is 2.24. The highest BCUT2D eigenvalue weighted by atomic mass is 16.3. The van der Waals surface area contributed by atoms with Crippen molar-refractivity contribution in [3.8, 4) is 0 Å². The summed E-state index contributed by atoms with van der Waals surface area (Å²) in [5, 5.41) is 1.02. The number of carbonyl (C=O) groups excluding carboxylic acids is 1. The first-order valence-electron chi connectivity index (χ1n) is 7.67. The van der Waals surface area contributed by atoms with E-state index in [1.807, 2.05) is 25.1 Å². The summed E-state index contributed by atoms with van der Waals surface area (Å²) in [4.78, 5) is 12.3. The molecule has 0 spiro atoms. The lowest BCUT2D eigenvalue weighted by molar-refractivity contribution is 0.0932. The number of Topliss-reactive ketones (excluding diaryl/α,β-unsaturated/α-hetero) is 1. The third-order valence-electron chi connectivity index (χ3n) is 3.96. The number of aryl methyl sites for hydroxylation is 1. The monoisotopic (exact) mass is 272 g/mol. The van der Waals surface area contributed by atoms with Crippen molar-refractivity contribution in [1.29, 1.82) is 0 Å². The molecule has 0 bridgehead atoms. The minimum absolute atomic E-state index is 0.141. The van der Waals surface area contributed by atoms with Crippen molar-refractivity contribution in [3.05, 3.63) is 35.6 Å². The smallest absolute Gasteiger partial charge is 0.198 e. The van der Waals surface area contributed by atoms with E-state index in [4.69, 9.17) is 4.42 Å². The van der Waals surface area contributed by atoms with Crippen LogP contribution in [0.1, 0.15) is 62.1 Å². The van der Waals surface area contributed by atoms with Gasteiger partial charge in [0.1, 0.15) is 5.58 Å². The maximum Gasteiger partial charge on any atom is 0.198 e. The SMILES string of the molecule is CCCCC(CC)CC(=O)c1cc2cc(C)ccc2o1. The minimum atomic E-state index is 0.141. The normalized spacial score (nSPS) is 12.8. The van der Waals surface area contributed by atoms with Gasteiger partial charge in [-0.15, -0.1) is 0 Å². The summed E-state index contributed by atoms with van der Waals surface area (Å²) < 4.78 is 5.69. The summed E-state index contributed by atoms with van der Waals surface area (Å²) >= 11 is 0. The molecule has 0 saturated carbocycles. The number of unbranched alkanes of at least 4 members (excludes halogenated alkanes) is 1. The van der Waals surface area contributed by atoms with E-state index in [0.29, 0.717) is 18.1 Å². The summed E-state index contributed by atoms with van der Waals surface area (Å²) in [5.74, 6) is 1.14. The zero-order valence-electron chi connectivity index (χ0n) is 12.7. The van der Waals surface area contributed by atoms with Crippen LogP contribution in [0.4, 0.5) is 0 Å². The maximum atomic E-state index is 12.3. The lowest BCUT2D eigenvalue weighted by atomic mass is 9.93. The van der Waals surface area contributed by atoms with Gasteiger partial charge in [0.2, 0.25) is 0 Å². The fourth-order valence-electron chi connectivity index (χ4n) is 2.61. The van der Waals surface area contributed by atoms with E-state index >= 15 is 0 Å². The number of hydrogen-bond donors (Lipinski definition) is 0. The van der Waals surface area contributed by atoms with Crippen LogP contribution in [0.25, 0.3) is 11.0 Å². The molecule has 0 aliphatic rings. The standard InChI is InChI=1S/C18H24O2/c1-4-6-7-14(5-2)11-16(19)18-12-15-10-13(3)8-9-17(15)20-18/h8-10,12,14H,4-7,11H2,1-3H3. The van der Waals surface area contributed by atoms with E-state index < -0.39 is 0 Å². The van der Waals surface area contributed by atoms with Crippen molar-refractivity contribution in [3.63, 3.8) is 0 Å². The zero-order valence-corrected chi connectivity index (χ0v) is 12.7. The van der Waals surface area contributed by atoms with Crippen molar-refractivity contribution < 1.29 is 9.21 Å². The molecule has 2 aromatic rings. The minimum Gasteiger partial charge on any atom is -0.453 e. The average Bonchev–Trinajstić information content (AvgIpc) is 2.86. The first kappa shape index (κ1) is 14.8. The first-order chi connectivity index (χ1) is 9.63. The second-order valence-electron chi connectivity index (χ2n) is 5.70. The number of carbonyl (C=O) groups is 1. The largest absolute Gasteiger partial charge is 0.453 e. The number of ketones is 1. The molecule has 0 saturated heterocycles. The number of fused-ring (bicyclic) bond motifs is 1. The van der Waals surface area contributed by atoms with E-state index in [1.165, 1.54) is 18.4 Å². The van der Waals surface area contributed by atoms with Crippen LogP contribution >= 0.6 is 0 Å². The number of rotatable bonds is 7. The quantitative estimate of drug-likeness (QED) is 0.620. The molecule has 2 rings (SSSR count). The topological polar surface area (TPSA) is 30.2 Å². The van der Waals surface area contributed by atoms with Crippen LogP contribution in [0.3, 0.4) is 0 Å². The molecule has 1 aromatic carbocycles. The Morgan fingerprint density at radius 3 is 2.75 bits per heavy atom. The highest BCUT2D eigenvalue weighted by molar-refractivity contribution is 5.97. The van der Waals surface area contributed by atoms with Gasteiger partial charge in [-0.3, -0.25) is 4.79 Å². The fraction of sp³-hybridized carbons (Fsp3) is 0.500. The van der Waals surface area contributed by atoms with Gasteiger partial charge < -0.3 is 4.42 Å². The molecule has 2 nitrogen and oxygen atoms in total. The molecular formula is C18H24O2. The van der Waals surface area contributed by atoms with Gasteiger partial charge >= 0.3 is 0 Å². The van der Waals surface area contributed by atoms with Gasteiger partial charge in [0.05, 0.1) is 0 Å². The van der Waals surface area contributed by atoms with Crippen LogP contribution in [-0.2, 0) is 0 Å². The van der Waals surface area contributed by atoms with Crippen LogP contribution < -0.4 is 0 Å². The zero-order chi connectivity index (χ0) is 14.5. The molecule has 0 N–H and O–H groups in total. The van der Waals surface area contributed by atoms with Crippen LogP contribution in [0.15, 0.2) is 28.7 Å². The van der Waals surface area contributed by atoms with Crippen molar-refractivity contribution in [1.82, 2.24) is 0 Å². The third-order valence-corrected chi connectivity index (χ3v) is 3.96. The predicted molar refractivity (Wildman–Crippen MR) is 83.2 cm³/mol. The molecule has 0 aliphatic heterocycles. The van der Waals surface area contributed by atoms with Gasteiger partial charge in [-0.2, -0.15) is 0 Å². The van der Waals surface area contributed by atoms with E-state index in [0.717, 1.165) is 23.8 Å². The molecule has 0 radical (unpaired) electrons. The van der Waals surface area contributed by atoms with Gasteiger partial charge in [-0.25, -0.2) is 0 Å². The number of benzene rings is 1. The summed E-state index contributed by atoms with van der Waals surface area (Å²) in [6, 6.07) is 7.90. The molecule has 0 aliphatic carbocycles. The Kier molecular flexibility index (Phi) is 4.99. The van der Waals surface area contributed by atoms with Crippen LogP contribution in [0, 0.1) is 12.8 Å². The fourth-order valence-corrected chi connectivity index (χ4v) is 2.61. The van der Waals surface area contributed by atoms with Crippen molar-refractivity contribution >= 4 is 16.8 Å². The summed E-state index contributed by atoms with van der Waals surface area (Å²) in [5.41, 5.74) is 1.99. The molecule has 2 heteroatoms. The van der Waals surface area contributed by atoms with Gasteiger partial charge in [0.15, 0.2) is 11.5 Å². The Bertz CT molecular complexity index is 580. The van der Waals surface area contributed by atoms with Crippen molar-refractivity contribution in [2.75, 3.05) is 0 Å². The number of furan rings is 1. The lowest BCUT2D eigenvalue weighted by Crippen LogP contribution is -2.07. The van der Waals surface area contributed by atoms with E-state index in [2.05, 4.69) is 19.9 Å². The highest BCUT2D eigenvalue weighted by Gasteiger charge is 2.17. The van der Waals surface area contributed by atoms with Crippen LogP contribution in [0.2, 0.25) is 0 Å². The summed E-state index contributed by atoms with van der Waals surface area (Å²) in [6.45, 7) is 6.40. The Balaban J connectivity index is 2.10. The molecule has 0 fully saturated rings. The van der Waals surface area contributed by atoms with Crippen molar-refractivity contribution in [2.45, 2.75) is 52.9 Å². The molecule has 108 valence electrons. The van der Waals surface area contributed by atoms with Gasteiger partial charge in [-0.1, -0.05) is 51.2 Å². The first-order valence-corrected chi connectivity index (χ1v) is 7.67.